The summed E-state index contributed by atoms with van der Waals surface area (Å²) in [4.78, 5) is 20.6. The lowest BCUT2D eigenvalue weighted by Crippen LogP contribution is -2.50. The van der Waals surface area contributed by atoms with Gasteiger partial charge < -0.3 is 28.1 Å². The van der Waals surface area contributed by atoms with Crippen LogP contribution in [0.25, 0.3) is 11.7 Å². The summed E-state index contributed by atoms with van der Waals surface area (Å²) in [5, 5.41) is 9.63. The molecule has 0 N–H and O–H groups in total. The second-order valence-electron chi connectivity index (χ2n) is 8.62. The number of aryl methyl sites for hydroxylation is 1. The van der Waals surface area contributed by atoms with Crippen molar-refractivity contribution in [2.45, 2.75) is 13.5 Å². The van der Waals surface area contributed by atoms with Crippen molar-refractivity contribution >= 4 is 11.8 Å². The molecular formula is C28H26N4O5. The smallest absolute Gasteiger partial charge is 0.266 e. The summed E-state index contributed by atoms with van der Waals surface area (Å²) >= 11 is 0. The zero-order valence-corrected chi connectivity index (χ0v) is 20.4. The normalized spacial score (nSPS) is 13.3. The number of hydrogen-bond donors (Lipinski definition) is 0. The van der Waals surface area contributed by atoms with Crippen LogP contribution in [0, 0.1) is 18.3 Å². The van der Waals surface area contributed by atoms with Crippen molar-refractivity contribution in [3.05, 3.63) is 83.7 Å². The molecule has 9 heteroatoms. The van der Waals surface area contributed by atoms with E-state index in [1.807, 2.05) is 66.4 Å². The van der Waals surface area contributed by atoms with Crippen LogP contribution in [0.5, 0.6) is 11.5 Å². The molecule has 4 aromatic rings. The minimum atomic E-state index is -0.0850. The van der Waals surface area contributed by atoms with E-state index in [1.165, 1.54) is 0 Å². The van der Waals surface area contributed by atoms with Gasteiger partial charge >= 0.3 is 0 Å². The van der Waals surface area contributed by atoms with Crippen LogP contribution in [-0.4, -0.2) is 48.6 Å². The number of ether oxygens (including phenoxy) is 2. The van der Waals surface area contributed by atoms with Crippen molar-refractivity contribution in [2.75, 3.05) is 37.7 Å². The van der Waals surface area contributed by atoms with Crippen LogP contribution in [0.3, 0.4) is 0 Å². The third kappa shape index (κ3) is 5.76. The van der Waals surface area contributed by atoms with Gasteiger partial charge in [0.25, 0.3) is 11.8 Å². The Hall–Kier alpha value is -4.71. The molecule has 0 aliphatic carbocycles. The van der Waals surface area contributed by atoms with E-state index >= 15 is 0 Å². The average Bonchev–Trinajstić information content (AvgIpc) is 3.59. The van der Waals surface area contributed by atoms with E-state index in [4.69, 9.17) is 18.3 Å². The molecule has 0 radical (unpaired) electrons. The number of amides is 1. The van der Waals surface area contributed by atoms with Crippen molar-refractivity contribution in [1.29, 1.82) is 5.26 Å². The molecule has 0 bridgehead atoms. The number of piperazine rings is 1. The Balaban J connectivity index is 1.18. The molecule has 1 fully saturated rings. The van der Waals surface area contributed by atoms with Gasteiger partial charge in [0, 0.05) is 26.2 Å². The number of hydrogen-bond acceptors (Lipinski definition) is 8. The number of carbonyl (C=O) groups is 1. The van der Waals surface area contributed by atoms with Gasteiger partial charge in [0.2, 0.25) is 11.6 Å². The monoisotopic (exact) mass is 498 g/mol. The van der Waals surface area contributed by atoms with Gasteiger partial charge in [-0.25, -0.2) is 0 Å². The highest BCUT2D eigenvalue weighted by Gasteiger charge is 2.27. The van der Waals surface area contributed by atoms with E-state index < -0.39 is 0 Å². The largest absolute Gasteiger partial charge is 0.486 e. The highest BCUT2D eigenvalue weighted by atomic mass is 16.5. The number of aromatic nitrogens is 1. The van der Waals surface area contributed by atoms with Crippen LogP contribution in [0.4, 0.5) is 5.88 Å². The maximum atomic E-state index is 12.6. The number of benzene rings is 2. The first-order chi connectivity index (χ1) is 18.1. The summed E-state index contributed by atoms with van der Waals surface area (Å²) in [6.45, 7) is 4.24. The second-order valence-corrected chi connectivity index (χ2v) is 8.62. The van der Waals surface area contributed by atoms with E-state index in [0.29, 0.717) is 49.3 Å². The van der Waals surface area contributed by atoms with Crippen molar-refractivity contribution in [3.63, 3.8) is 0 Å². The summed E-state index contributed by atoms with van der Waals surface area (Å²) in [5.41, 5.74) is 1.33. The predicted molar refractivity (Wildman–Crippen MR) is 135 cm³/mol. The fourth-order valence-corrected chi connectivity index (χ4v) is 3.98. The molecule has 0 saturated carbocycles. The Morgan fingerprint density at radius 3 is 2.41 bits per heavy atom. The maximum Gasteiger partial charge on any atom is 0.266 e. The van der Waals surface area contributed by atoms with Gasteiger partial charge in [-0.1, -0.05) is 35.9 Å². The summed E-state index contributed by atoms with van der Waals surface area (Å²) in [6, 6.07) is 22.7. The standard InChI is InChI=1S/C28H26N4O5/c1-20-7-9-22(10-8-20)34-18-23-11-12-25(36-23)27-30-24(17-29)28(37-27)32-15-13-31(14-16-32)26(33)19-35-21-5-3-2-4-6-21/h2-12H,13-16,18-19H2,1H3. The molecular weight excluding hydrogens is 472 g/mol. The van der Waals surface area contributed by atoms with Crippen LogP contribution in [0.15, 0.2) is 75.6 Å². The van der Waals surface area contributed by atoms with Crippen molar-refractivity contribution < 1.29 is 23.1 Å². The van der Waals surface area contributed by atoms with Gasteiger partial charge in [-0.3, -0.25) is 4.79 Å². The second kappa shape index (κ2) is 10.9. The molecule has 2 aromatic carbocycles. The molecule has 9 nitrogen and oxygen atoms in total. The molecule has 5 rings (SSSR count). The first-order valence-electron chi connectivity index (χ1n) is 12.0. The summed E-state index contributed by atoms with van der Waals surface area (Å²) in [6.07, 6.45) is 0. The van der Waals surface area contributed by atoms with E-state index in [-0.39, 0.29) is 30.7 Å². The van der Waals surface area contributed by atoms with Crippen molar-refractivity contribution in [3.8, 4) is 29.2 Å². The van der Waals surface area contributed by atoms with Crippen LogP contribution < -0.4 is 14.4 Å². The van der Waals surface area contributed by atoms with Gasteiger partial charge in [0.1, 0.15) is 29.9 Å². The maximum absolute atomic E-state index is 12.6. The van der Waals surface area contributed by atoms with Gasteiger partial charge in [0.15, 0.2) is 12.4 Å². The van der Waals surface area contributed by atoms with Gasteiger partial charge in [-0.15, -0.1) is 0 Å². The third-order valence-electron chi connectivity index (χ3n) is 6.01. The number of nitrogens with zero attached hydrogens (tertiary/aromatic N) is 4. The number of oxazole rings is 1. The van der Waals surface area contributed by atoms with E-state index in [9.17, 15) is 10.1 Å². The van der Waals surface area contributed by atoms with Crippen LogP contribution in [0.1, 0.15) is 17.0 Å². The lowest BCUT2D eigenvalue weighted by Gasteiger charge is -2.34. The zero-order valence-electron chi connectivity index (χ0n) is 20.4. The first-order valence-corrected chi connectivity index (χ1v) is 12.0. The molecule has 37 heavy (non-hydrogen) atoms. The van der Waals surface area contributed by atoms with Gasteiger partial charge in [-0.05, 0) is 43.3 Å². The van der Waals surface area contributed by atoms with Crippen molar-refractivity contribution in [2.24, 2.45) is 0 Å². The molecule has 0 spiro atoms. The minimum Gasteiger partial charge on any atom is -0.486 e. The Bertz CT molecular complexity index is 1380. The zero-order chi connectivity index (χ0) is 25.6. The fourth-order valence-electron chi connectivity index (χ4n) is 3.98. The number of carbonyl (C=O) groups excluding carboxylic acids is 1. The van der Waals surface area contributed by atoms with E-state index in [2.05, 4.69) is 11.1 Å². The van der Waals surface area contributed by atoms with Gasteiger partial charge in [-0.2, -0.15) is 10.2 Å². The van der Waals surface area contributed by atoms with Crippen LogP contribution in [-0.2, 0) is 11.4 Å². The minimum absolute atomic E-state index is 0.0195. The van der Waals surface area contributed by atoms with Crippen LogP contribution >= 0.6 is 0 Å². The molecule has 3 heterocycles. The quantitative estimate of drug-likeness (QED) is 0.352. The predicted octanol–water partition coefficient (Wildman–Crippen LogP) is 4.42. The molecule has 1 aliphatic heterocycles. The molecule has 2 aromatic heterocycles. The molecule has 1 amide bonds. The number of rotatable bonds is 8. The Labute approximate surface area is 214 Å². The number of anilines is 1. The van der Waals surface area contributed by atoms with Crippen molar-refractivity contribution in [1.82, 2.24) is 9.88 Å². The first kappa shape index (κ1) is 24.0. The fraction of sp³-hybridized carbons (Fsp3) is 0.250. The highest BCUT2D eigenvalue weighted by molar-refractivity contribution is 5.78. The third-order valence-corrected chi connectivity index (χ3v) is 6.01. The Morgan fingerprint density at radius 1 is 0.946 bits per heavy atom. The van der Waals surface area contributed by atoms with Gasteiger partial charge in [0.05, 0.1) is 0 Å². The molecule has 1 aliphatic rings. The van der Waals surface area contributed by atoms with E-state index in [0.717, 1.165) is 11.3 Å². The molecule has 0 atom stereocenters. The number of para-hydroxylation sites is 1. The average molecular weight is 499 g/mol. The SMILES string of the molecule is Cc1ccc(OCc2ccc(-c3nc(C#N)c(N4CCN(C(=O)COc5ccccc5)CC4)o3)o2)cc1. The number of furan rings is 1. The summed E-state index contributed by atoms with van der Waals surface area (Å²) in [5.74, 6) is 2.94. The van der Waals surface area contributed by atoms with Crippen LogP contribution in [0.2, 0.25) is 0 Å². The summed E-state index contributed by atoms with van der Waals surface area (Å²) < 4.78 is 23.1. The highest BCUT2D eigenvalue weighted by Crippen LogP contribution is 2.30. The lowest BCUT2D eigenvalue weighted by molar-refractivity contribution is -0.133. The lowest BCUT2D eigenvalue weighted by atomic mass is 10.2. The molecule has 1 saturated heterocycles. The Kier molecular flexibility index (Phi) is 7.08. The van der Waals surface area contributed by atoms with E-state index in [1.54, 1.807) is 17.0 Å². The number of nitriles is 1. The molecule has 188 valence electrons. The summed E-state index contributed by atoms with van der Waals surface area (Å²) in [7, 11) is 0. The Morgan fingerprint density at radius 2 is 1.68 bits per heavy atom. The molecule has 0 unspecified atom stereocenters. The topological polar surface area (TPSA) is 105 Å².